The highest BCUT2D eigenvalue weighted by molar-refractivity contribution is 6.64. The molecule has 11 nitrogen and oxygen atoms in total. The number of methoxy groups -OCH3 is 1. The zero-order valence-corrected chi connectivity index (χ0v) is 28.9. The van der Waals surface area contributed by atoms with Gasteiger partial charge in [-0.05, 0) is 71.0 Å². The number of halogens is 1. The van der Waals surface area contributed by atoms with E-state index in [4.69, 9.17) is 31.5 Å². The van der Waals surface area contributed by atoms with Gasteiger partial charge in [-0.25, -0.2) is 4.79 Å². The molecule has 0 radical (unpaired) electrons. The number of nitrogens with two attached hydrogens (primary N) is 1. The molecule has 7 N–H and O–H groups in total. The van der Waals surface area contributed by atoms with Gasteiger partial charge in [-0.1, -0.05) is 79.4 Å². The zero-order chi connectivity index (χ0) is 35.2. The minimum atomic E-state index is -0.974. The molecule has 0 unspecified atom stereocenters. The van der Waals surface area contributed by atoms with E-state index in [1.807, 2.05) is 72.8 Å². The molecule has 2 amide bonds. The van der Waals surface area contributed by atoms with Crippen LogP contribution in [0.5, 0.6) is 11.5 Å². The fraction of sp³-hybridized carbons (Fsp3) is 0.263. The van der Waals surface area contributed by atoms with Crippen LogP contribution in [0.3, 0.4) is 0 Å². The van der Waals surface area contributed by atoms with Crippen LogP contribution in [-0.2, 0) is 19.1 Å². The number of nitrogens with one attached hydrogen (secondary N) is 2. The predicted octanol–water partition coefficient (Wildman–Crippen LogP) is 6.45. The number of amidine groups is 1. The number of aliphatic imine (C=N–C) groups is 1. The van der Waals surface area contributed by atoms with Crippen molar-refractivity contribution in [3.63, 3.8) is 0 Å². The molecule has 0 aliphatic carbocycles. The van der Waals surface area contributed by atoms with Gasteiger partial charge in [-0.15, -0.1) is 6.58 Å². The first kappa shape index (κ1) is 39.1. The van der Waals surface area contributed by atoms with Crippen molar-refractivity contribution >= 4 is 56.2 Å². The summed E-state index contributed by atoms with van der Waals surface area (Å²) in [5.74, 6) is -0.593. The van der Waals surface area contributed by atoms with Crippen molar-refractivity contribution in [1.29, 1.82) is 0 Å². The second-order valence-electron chi connectivity index (χ2n) is 11.1. The number of nitrogens with zero attached hydrogens (tertiary/aromatic N) is 1. The molecule has 0 saturated heterocycles. The van der Waals surface area contributed by atoms with E-state index in [2.05, 4.69) is 28.8 Å². The second kappa shape index (κ2) is 19.6. The molecule has 0 bridgehead atoms. The summed E-state index contributed by atoms with van der Waals surface area (Å²) < 4.78 is 17.2. The summed E-state index contributed by atoms with van der Waals surface area (Å²) in [5.41, 5.74) is 6.99. The van der Waals surface area contributed by atoms with Gasteiger partial charge in [0.05, 0.1) is 7.11 Å². The standard InChI is InChI=1S/C38H41ClN4O6.H3N.H2/c1-4-12-30(37(46)47-3)43-36(45)29(17-10-11-22-41-38(39)40)42-33(44)24-49-32-21-19-26-14-7-9-16-28(26)35(32)34-27-15-8-6-13-25(27)18-20-31(34)48-23-5-2;;/h4-9,13-16,18-21,29-30H,1-2,10-12,17,22-24H2,3H3,(H2,40,41)(H,42,44)(H,43,45);1H3;1H/t29-,30+;;/m1../s1/i;;1+1. The van der Waals surface area contributed by atoms with Crippen molar-refractivity contribution in [1.82, 2.24) is 16.8 Å². The second-order valence-corrected chi connectivity index (χ2v) is 11.5. The van der Waals surface area contributed by atoms with Crippen LogP contribution in [0.1, 0.15) is 27.1 Å². The summed E-state index contributed by atoms with van der Waals surface area (Å²) in [6, 6.07) is 21.6. The molecule has 4 aromatic rings. The minimum absolute atomic E-state index is 0. The van der Waals surface area contributed by atoms with Crippen LogP contribution >= 0.6 is 11.6 Å². The lowest BCUT2D eigenvalue weighted by Crippen LogP contribution is -2.52. The van der Waals surface area contributed by atoms with Gasteiger partial charge in [-0.2, -0.15) is 0 Å². The summed E-state index contributed by atoms with van der Waals surface area (Å²) in [7, 11) is 1.23. The maximum atomic E-state index is 13.4. The number of benzene rings is 4. The van der Waals surface area contributed by atoms with E-state index in [1.54, 1.807) is 6.08 Å². The van der Waals surface area contributed by atoms with E-state index in [9.17, 15) is 14.4 Å². The number of esters is 1. The highest BCUT2D eigenvalue weighted by Gasteiger charge is 2.27. The fourth-order valence-corrected chi connectivity index (χ4v) is 5.58. The van der Waals surface area contributed by atoms with Crippen LogP contribution in [-0.4, -0.2) is 62.0 Å². The normalized spacial score (nSPS) is 12.2. The number of fused-ring (bicyclic) bond motifs is 2. The van der Waals surface area contributed by atoms with Crippen LogP contribution in [0.4, 0.5) is 0 Å². The smallest absolute Gasteiger partial charge is 0.328 e. The topological polar surface area (TPSA) is 176 Å². The molecule has 0 spiro atoms. The van der Waals surface area contributed by atoms with E-state index < -0.39 is 29.9 Å². The lowest BCUT2D eigenvalue weighted by molar-refractivity contribution is -0.145. The molecule has 0 saturated carbocycles. The van der Waals surface area contributed by atoms with Gasteiger partial charge in [0.2, 0.25) is 5.91 Å². The summed E-state index contributed by atoms with van der Waals surface area (Å²) in [5, 5.41) is 9.24. The summed E-state index contributed by atoms with van der Waals surface area (Å²) in [6.07, 6.45) is 4.69. The Morgan fingerprint density at radius 1 is 0.860 bits per heavy atom. The van der Waals surface area contributed by atoms with E-state index in [0.29, 0.717) is 37.5 Å². The Hall–Kier alpha value is -5.39. The number of carbonyl (C=O) groups excluding carboxylic acids is 3. The first-order valence-electron chi connectivity index (χ1n) is 15.9. The van der Waals surface area contributed by atoms with Gasteiger partial charge < -0.3 is 36.7 Å². The van der Waals surface area contributed by atoms with E-state index >= 15 is 0 Å². The van der Waals surface area contributed by atoms with Crippen LogP contribution in [0.2, 0.25) is 0 Å². The van der Waals surface area contributed by atoms with Gasteiger partial charge >= 0.3 is 5.97 Å². The largest absolute Gasteiger partial charge is 0.489 e. The molecule has 4 aromatic carbocycles. The third-order valence-electron chi connectivity index (χ3n) is 7.77. The maximum Gasteiger partial charge on any atom is 0.328 e. The number of carbonyl (C=O) groups is 3. The monoisotopic (exact) mass is 704 g/mol. The SMILES string of the molecule is C=CCOc1ccc2ccccc2c1-c1c(OCC(=O)N[C@H](CCCCN=C(N)Cl)C(=O)N[C@@H](CC=C)C(=O)OC)ccc2ccccc12.N.[2HH]. The van der Waals surface area contributed by atoms with Crippen LogP contribution in [0, 0.1) is 0 Å². The maximum absolute atomic E-state index is 13.4. The zero-order valence-electron chi connectivity index (χ0n) is 28.2. The molecule has 2 atom stereocenters. The summed E-state index contributed by atoms with van der Waals surface area (Å²) >= 11 is 5.63. The number of amides is 2. The molecule has 12 heteroatoms. The van der Waals surface area contributed by atoms with Gasteiger partial charge in [-0.3, -0.25) is 14.6 Å². The number of hydrogen-bond donors (Lipinski definition) is 4. The highest BCUT2D eigenvalue weighted by Crippen LogP contribution is 2.45. The average Bonchev–Trinajstić information content (AvgIpc) is 3.11. The number of ether oxygens (including phenoxy) is 3. The highest BCUT2D eigenvalue weighted by atomic mass is 35.5. The van der Waals surface area contributed by atoms with E-state index in [1.165, 1.54) is 13.2 Å². The van der Waals surface area contributed by atoms with Crippen molar-refractivity contribution in [3.05, 3.63) is 98.1 Å². The molecule has 0 heterocycles. The van der Waals surface area contributed by atoms with Crippen molar-refractivity contribution in [3.8, 4) is 22.6 Å². The Balaban J connectivity index is 0.00000451. The van der Waals surface area contributed by atoms with Gasteiger partial charge in [0.25, 0.3) is 5.91 Å². The summed E-state index contributed by atoms with van der Waals surface area (Å²) in [6.45, 7) is 7.72. The van der Waals surface area contributed by atoms with Crippen LogP contribution in [0.25, 0.3) is 32.7 Å². The summed E-state index contributed by atoms with van der Waals surface area (Å²) in [4.78, 5) is 43.0. The molecule has 266 valence electrons. The van der Waals surface area contributed by atoms with Crippen LogP contribution < -0.4 is 32.0 Å². The Kier molecular flexibility index (Phi) is 15.3. The van der Waals surface area contributed by atoms with Gasteiger partial charge in [0.1, 0.15) is 30.2 Å². The van der Waals surface area contributed by atoms with Crippen molar-refractivity contribution < 1.29 is 30.0 Å². The molecule has 0 aromatic heterocycles. The van der Waals surface area contributed by atoms with Gasteiger partial charge in [0, 0.05) is 19.1 Å². The Bertz CT molecular complexity index is 1850. The molecular weight excluding hydrogens is 658 g/mol. The number of unbranched alkanes of at least 4 members (excludes halogenated alkanes) is 1. The average molecular weight is 705 g/mol. The molecule has 50 heavy (non-hydrogen) atoms. The third-order valence-corrected chi connectivity index (χ3v) is 7.89. The molecule has 0 aliphatic heterocycles. The minimum Gasteiger partial charge on any atom is -0.489 e. The number of hydrogen-bond acceptors (Lipinski definition) is 8. The molecular formula is C38H46ClN5O6. The van der Waals surface area contributed by atoms with E-state index in [0.717, 1.165) is 32.7 Å². The van der Waals surface area contributed by atoms with Crippen molar-refractivity contribution in [2.75, 3.05) is 26.9 Å². The van der Waals surface area contributed by atoms with E-state index in [-0.39, 0.29) is 32.3 Å². The van der Waals surface area contributed by atoms with Gasteiger partial charge in [0.15, 0.2) is 11.9 Å². The van der Waals surface area contributed by atoms with Crippen LogP contribution in [0.15, 0.2) is 103 Å². The Morgan fingerprint density at radius 3 is 2.02 bits per heavy atom. The molecule has 0 aliphatic rings. The third kappa shape index (κ3) is 10.3. The van der Waals surface area contributed by atoms with Crippen molar-refractivity contribution in [2.24, 2.45) is 10.7 Å². The Morgan fingerprint density at radius 2 is 1.46 bits per heavy atom. The molecule has 0 fully saturated rings. The lowest BCUT2D eigenvalue weighted by atomic mass is 9.92. The first-order chi connectivity index (χ1) is 23.8. The Labute approximate surface area is 298 Å². The molecule has 4 rings (SSSR count). The van der Waals surface area contributed by atoms with Crippen molar-refractivity contribution in [2.45, 2.75) is 37.8 Å². The first-order valence-corrected chi connectivity index (χ1v) is 16.3. The fourth-order valence-electron chi connectivity index (χ4n) is 5.50. The predicted molar refractivity (Wildman–Crippen MR) is 202 cm³/mol. The lowest BCUT2D eigenvalue weighted by Gasteiger charge is -2.22. The quantitative estimate of drug-likeness (QED) is 0.0228. The number of rotatable bonds is 18.